The summed E-state index contributed by atoms with van der Waals surface area (Å²) in [5, 5.41) is 9.58. The lowest BCUT2D eigenvalue weighted by Gasteiger charge is -2.33. The quantitative estimate of drug-likeness (QED) is 0.682. The molecule has 1 aromatic heterocycles. The molecule has 1 aliphatic rings. The number of pyridine rings is 1. The number of aromatic nitrogens is 1. The van der Waals surface area contributed by atoms with Crippen LogP contribution < -0.4 is 0 Å². The van der Waals surface area contributed by atoms with Crippen molar-refractivity contribution in [2.75, 3.05) is 6.54 Å². The van der Waals surface area contributed by atoms with E-state index in [1.54, 1.807) is 24.5 Å². The Morgan fingerprint density at radius 2 is 1.65 bits per heavy atom. The number of hydrogen-bond acceptors (Lipinski definition) is 3. The molecular formula is C26H26N2O3. The Labute approximate surface area is 182 Å². The highest BCUT2D eigenvalue weighted by molar-refractivity contribution is 5.94. The average Bonchev–Trinajstić information content (AvgIpc) is 2.78. The van der Waals surface area contributed by atoms with E-state index in [9.17, 15) is 14.7 Å². The zero-order chi connectivity index (χ0) is 22.1. The molecular weight excluding hydrogens is 388 g/mol. The maximum absolute atomic E-state index is 13.0. The maximum atomic E-state index is 13.0. The van der Waals surface area contributed by atoms with Crippen LogP contribution in [0.15, 0.2) is 48.8 Å². The van der Waals surface area contributed by atoms with Crippen LogP contribution >= 0.6 is 0 Å². The fourth-order valence-corrected chi connectivity index (χ4v) is 4.60. The summed E-state index contributed by atoms with van der Waals surface area (Å²) in [5.74, 6) is -0.835. The van der Waals surface area contributed by atoms with E-state index < -0.39 is 5.97 Å². The predicted octanol–water partition coefficient (Wildman–Crippen LogP) is 4.50. The number of benzene rings is 2. The van der Waals surface area contributed by atoms with Gasteiger partial charge < -0.3 is 10.0 Å². The lowest BCUT2D eigenvalue weighted by molar-refractivity contribution is -0.136. The van der Waals surface area contributed by atoms with Gasteiger partial charge in [-0.3, -0.25) is 14.6 Å². The van der Waals surface area contributed by atoms with E-state index in [-0.39, 0.29) is 12.3 Å². The Morgan fingerprint density at radius 3 is 2.29 bits per heavy atom. The van der Waals surface area contributed by atoms with E-state index in [1.807, 2.05) is 30.9 Å². The number of fused-ring (bicyclic) bond motifs is 1. The summed E-state index contributed by atoms with van der Waals surface area (Å²) in [4.78, 5) is 30.6. The van der Waals surface area contributed by atoms with Crippen LogP contribution in [0.25, 0.3) is 11.1 Å². The van der Waals surface area contributed by atoms with Gasteiger partial charge in [-0.05, 0) is 78.3 Å². The van der Waals surface area contributed by atoms with Gasteiger partial charge in [-0.25, -0.2) is 0 Å². The number of carboxylic acids is 1. The van der Waals surface area contributed by atoms with Crippen LogP contribution in [0.1, 0.15) is 43.7 Å². The Hall–Kier alpha value is -3.47. The Bertz CT molecular complexity index is 1150. The molecule has 0 atom stereocenters. The van der Waals surface area contributed by atoms with Gasteiger partial charge in [0.15, 0.2) is 0 Å². The van der Waals surface area contributed by atoms with Gasteiger partial charge in [0.1, 0.15) is 0 Å². The normalized spacial score (nSPS) is 13.1. The van der Waals surface area contributed by atoms with Gasteiger partial charge in [-0.15, -0.1) is 0 Å². The predicted molar refractivity (Wildman–Crippen MR) is 120 cm³/mol. The molecule has 5 nitrogen and oxygen atoms in total. The fourth-order valence-electron chi connectivity index (χ4n) is 4.60. The lowest BCUT2D eigenvalue weighted by Crippen LogP contribution is -2.37. The molecule has 0 bridgehead atoms. The van der Waals surface area contributed by atoms with E-state index in [4.69, 9.17) is 0 Å². The molecule has 0 unspecified atom stereocenters. The van der Waals surface area contributed by atoms with E-state index in [0.717, 1.165) is 45.4 Å². The molecule has 0 saturated carbocycles. The van der Waals surface area contributed by atoms with Gasteiger partial charge in [0.2, 0.25) is 0 Å². The Kier molecular flexibility index (Phi) is 5.59. The minimum absolute atomic E-state index is 0.00315. The van der Waals surface area contributed by atoms with Crippen molar-refractivity contribution < 1.29 is 14.7 Å². The fraction of sp³-hybridized carbons (Fsp3) is 0.269. The average molecular weight is 415 g/mol. The van der Waals surface area contributed by atoms with Gasteiger partial charge >= 0.3 is 5.97 Å². The first-order valence-electron chi connectivity index (χ1n) is 10.5. The smallest absolute Gasteiger partial charge is 0.307 e. The van der Waals surface area contributed by atoms with Crippen molar-refractivity contribution in [3.8, 4) is 11.1 Å². The molecule has 0 saturated heterocycles. The summed E-state index contributed by atoms with van der Waals surface area (Å²) < 4.78 is 0. The van der Waals surface area contributed by atoms with Crippen molar-refractivity contribution in [3.05, 3.63) is 87.7 Å². The number of aryl methyl sites for hydroxylation is 1. The highest BCUT2D eigenvalue weighted by Gasteiger charge is 2.28. The van der Waals surface area contributed by atoms with E-state index >= 15 is 0 Å². The molecule has 0 radical (unpaired) electrons. The number of hydrogen-bond donors (Lipinski definition) is 1. The van der Waals surface area contributed by atoms with Crippen LogP contribution in [-0.4, -0.2) is 33.4 Å². The van der Waals surface area contributed by atoms with Crippen LogP contribution in [-0.2, 0) is 24.2 Å². The van der Waals surface area contributed by atoms with Crippen molar-refractivity contribution in [1.29, 1.82) is 0 Å². The number of carboxylic acid groups (broad SMARTS) is 1. The second-order valence-electron chi connectivity index (χ2n) is 8.21. The molecule has 31 heavy (non-hydrogen) atoms. The zero-order valence-corrected chi connectivity index (χ0v) is 18.1. The third-order valence-electron chi connectivity index (χ3n) is 6.26. The number of rotatable bonds is 4. The van der Waals surface area contributed by atoms with Crippen molar-refractivity contribution in [1.82, 2.24) is 9.88 Å². The van der Waals surface area contributed by atoms with E-state index in [0.29, 0.717) is 18.7 Å². The first-order valence-corrected chi connectivity index (χ1v) is 10.5. The van der Waals surface area contributed by atoms with Gasteiger partial charge in [0, 0.05) is 31.0 Å². The highest BCUT2D eigenvalue weighted by atomic mass is 16.4. The van der Waals surface area contributed by atoms with Crippen LogP contribution in [0.3, 0.4) is 0 Å². The molecule has 4 rings (SSSR count). The first kappa shape index (κ1) is 20.8. The third-order valence-corrected chi connectivity index (χ3v) is 6.26. The molecule has 2 aromatic carbocycles. The first-order chi connectivity index (χ1) is 14.9. The van der Waals surface area contributed by atoms with Crippen molar-refractivity contribution in [2.24, 2.45) is 0 Å². The zero-order valence-electron chi connectivity index (χ0n) is 18.1. The second kappa shape index (κ2) is 8.34. The Balaban J connectivity index is 1.82. The van der Waals surface area contributed by atoms with Crippen LogP contribution in [0.2, 0.25) is 0 Å². The molecule has 5 heteroatoms. The molecule has 0 spiro atoms. The van der Waals surface area contributed by atoms with Gasteiger partial charge in [-0.2, -0.15) is 0 Å². The van der Waals surface area contributed by atoms with Crippen molar-refractivity contribution in [3.63, 3.8) is 0 Å². The van der Waals surface area contributed by atoms with Crippen LogP contribution in [0, 0.1) is 20.8 Å². The third kappa shape index (κ3) is 3.96. The molecule has 1 amide bonds. The summed E-state index contributed by atoms with van der Waals surface area (Å²) in [6.45, 7) is 7.25. The summed E-state index contributed by atoms with van der Waals surface area (Å²) in [6.07, 6.45) is 3.98. The van der Waals surface area contributed by atoms with Gasteiger partial charge in [0.05, 0.1) is 6.42 Å². The largest absolute Gasteiger partial charge is 0.481 e. The Morgan fingerprint density at radius 1 is 0.968 bits per heavy atom. The topological polar surface area (TPSA) is 70.5 Å². The highest BCUT2D eigenvalue weighted by Crippen LogP contribution is 2.38. The lowest BCUT2D eigenvalue weighted by atomic mass is 9.81. The molecule has 158 valence electrons. The van der Waals surface area contributed by atoms with Crippen LogP contribution in [0.5, 0.6) is 0 Å². The molecule has 1 aliphatic heterocycles. The van der Waals surface area contributed by atoms with Crippen LogP contribution in [0.4, 0.5) is 0 Å². The number of aliphatic carboxylic acids is 1. The van der Waals surface area contributed by atoms with Crippen molar-refractivity contribution >= 4 is 11.9 Å². The summed E-state index contributed by atoms with van der Waals surface area (Å²) in [5.41, 5.74) is 9.09. The second-order valence-corrected chi connectivity index (χ2v) is 8.21. The molecule has 1 N–H and O–H groups in total. The number of nitrogens with zero attached hydrogens (tertiary/aromatic N) is 2. The number of amides is 1. The summed E-state index contributed by atoms with van der Waals surface area (Å²) in [6, 6.07) is 11.7. The molecule has 3 aromatic rings. The van der Waals surface area contributed by atoms with Gasteiger partial charge in [0.25, 0.3) is 5.91 Å². The van der Waals surface area contributed by atoms with Gasteiger partial charge in [-0.1, -0.05) is 29.8 Å². The SMILES string of the molecule is Cc1ccc(-c2c(C)c3c(c(C)c2CC(=O)O)CCN(C(=O)c2ccncc2)C3)cc1. The van der Waals surface area contributed by atoms with E-state index in [2.05, 4.69) is 24.0 Å². The minimum atomic E-state index is -0.832. The summed E-state index contributed by atoms with van der Waals surface area (Å²) in [7, 11) is 0. The molecule has 0 aliphatic carbocycles. The number of carbonyl (C=O) groups is 2. The maximum Gasteiger partial charge on any atom is 0.307 e. The molecule has 2 heterocycles. The molecule has 0 fully saturated rings. The standard InChI is InChI=1S/C26H26N2O3/c1-16-4-6-19(7-5-16)25-18(3)23-15-28(26(31)20-8-11-27-12-9-20)13-10-21(23)17(2)22(25)14-24(29)30/h4-9,11-12H,10,13-15H2,1-3H3,(H,29,30). The van der Waals surface area contributed by atoms with Crippen molar-refractivity contribution in [2.45, 2.75) is 40.2 Å². The monoisotopic (exact) mass is 414 g/mol. The summed E-state index contributed by atoms with van der Waals surface area (Å²) >= 11 is 0. The number of carbonyl (C=O) groups excluding carboxylic acids is 1. The minimum Gasteiger partial charge on any atom is -0.481 e. The van der Waals surface area contributed by atoms with E-state index in [1.165, 1.54) is 5.56 Å².